The molecule has 1 aromatic carbocycles. The second kappa shape index (κ2) is 4.28. The van der Waals surface area contributed by atoms with Crippen molar-refractivity contribution in [3.05, 3.63) is 28.7 Å². The minimum atomic E-state index is 0.485. The van der Waals surface area contributed by atoms with Crippen LogP contribution in [0.1, 0.15) is 0 Å². The standard InChI is InChI=1S/C10H10BrN3S/c1-15-7-4-2-6(3-5-7)9-8(11)10(12)14-13-9/h2-5H,1H3,(H3,12,13,14). The van der Waals surface area contributed by atoms with Crippen LogP contribution in [0, 0.1) is 0 Å². The normalized spacial score (nSPS) is 10.5. The molecule has 78 valence electrons. The van der Waals surface area contributed by atoms with Gasteiger partial charge < -0.3 is 5.73 Å². The topological polar surface area (TPSA) is 54.7 Å². The summed E-state index contributed by atoms with van der Waals surface area (Å²) in [4.78, 5) is 1.24. The summed E-state index contributed by atoms with van der Waals surface area (Å²) in [6.07, 6.45) is 2.05. The number of halogens is 1. The molecule has 3 N–H and O–H groups in total. The van der Waals surface area contributed by atoms with Crippen molar-refractivity contribution < 1.29 is 0 Å². The van der Waals surface area contributed by atoms with E-state index >= 15 is 0 Å². The number of aromatic amines is 1. The van der Waals surface area contributed by atoms with E-state index in [0.29, 0.717) is 5.82 Å². The Morgan fingerprint density at radius 2 is 2.00 bits per heavy atom. The maximum atomic E-state index is 5.64. The quantitative estimate of drug-likeness (QED) is 0.833. The average molecular weight is 284 g/mol. The van der Waals surface area contributed by atoms with Gasteiger partial charge in [-0.05, 0) is 34.3 Å². The van der Waals surface area contributed by atoms with Gasteiger partial charge in [0.2, 0.25) is 0 Å². The predicted molar refractivity (Wildman–Crippen MR) is 67.9 cm³/mol. The molecule has 0 spiro atoms. The molecule has 0 aliphatic rings. The second-order valence-electron chi connectivity index (χ2n) is 3.03. The van der Waals surface area contributed by atoms with Crippen LogP contribution < -0.4 is 5.73 Å². The lowest BCUT2D eigenvalue weighted by Gasteiger charge is -2.00. The monoisotopic (exact) mass is 283 g/mol. The lowest BCUT2D eigenvalue weighted by molar-refractivity contribution is 1.10. The summed E-state index contributed by atoms with van der Waals surface area (Å²) in [6, 6.07) is 8.24. The van der Waals surface area contributed by atoms with Crippen molar-refractivity contribution in [3.8, 4) is 11.3 Å². The molecule has 0 amide bonds. The van der Waals surface area contributed by atoms with Gasteiger partial charge in [-0.15, -0.1) is 11.8 Å². The SMILES string of the molecule is CSc1ccc(-c2[nH]nc(N)c2Br)cc1. The van der Waals surface area contributed by atoms with Crippen LogP contribution in [0.5, 0.6) is 0 Å². The van der Waals surface area contributed by atoms with Gasteiger partial charge in [-0.3, -0.25) is 5.10 Å². The number of aromatic nitrogens is 2. The molecule has 0 saturated heterocycles. The number of nitrogen functional groups attached to an aromatic ring is 1. The number of nitrogens with one attached hydrogen (secondary N) is 1. The zero-order valence-corrected chi connectivity index (χ0v) is 10.5. The Hall–Kier alpha value is -0.940. The van der Waals surface area contributed by atoms with E-state index in [9.17, 15) is 0 Å². The van der Waals surface area contributed by atoms with Crippen LogP contribution in [0.4, 0.5) is 5.82 Å². The third-order valence-electron chi connectivity index (χ3n) is 2.11. The molecule has 0 saturated carbocycles. The van der Waals surface area contributed by atoms with Crippen molar-refractivity contribution in [1.82, 2.24) is 10.2 Å². The van der Waals surface area contributed by atoms with Gasteiger partial charge in [0.25, 0.3) is 0 Å². The number of benzene rings is 1. The van der Waals surface area contributed by atoms with Gasteiger partial charge in [-0.1, -0.05) is 12.1 Å². The highest BCUT2D eigenvalue weighted by atomic mass is 79.9. The second-order valence-corrected chi connectivity index (χ2v) is 4.70. The number of rotatable bonds is 2. The van der Waals surface area contributed by atoms with Crippen LogP contribution in [-0.2, 0) is 0 Å². The highest BCUT2D eigenvalue weighted by molar-refractivity contribution is 9.10. The number of nitrogens with zero attached hydrogens (tertiary/aromatic N) is 1. The van der Waals surface area contributed by atoms with E-state index in [1.807, 2.05) is 12.1 Å². The molecule has 0 fully saturated rings. The highest BCUT2D eigenvalue weighted by Crippen LogP contribution is 2.30. The Morgan fingerprint density at radius 1 is 1.33 bits per heavy atom. The molecule has 0 aliphatic heterocycles. The Balaban J connectivity index is 2.41. The molecule has 5 heteroatoms. The molecule has 0 aliphatic carbocycles. The van der Waals surface area contributed by atoms with Crippen molar-refractivity contribution in [2.45, 2.75) is 4.90 Å². The summed E-state index contributed by atoms with van der Waals surface area (Å²) in [7, 11) is 0. The lowest BCUT2D eigenvalue weighted by Crippen LogP contribution is -1.83. The van der Waals surface area contributed by atoms with E-state index in [-0.39, 0.29) is 0 Å². The van der Waals surface area contributed by atoms with Crippen LogP contribution in [0.3, 0.4) is 0 Å². The molecule has 0 atom stereocenters. The average Bonchev–Trinajstić information content (AvgIpc) is 2.60. The third-order valence-corrected chi connectivity index (χ3v) is 3.66. The summed E-state index contributed by atoms with van der Waals surface area (Å²) in [5.74, 6) is 0.485. The van der Waals surface area contributed by atoms with Crippen LogP contribution in [0.25, 0.3) is 11.3 Å². The zero-order valence-electron chi connectivity index (χ0n) is 8.12. The van der Waals surface area contributed by atoms with E-state index < -0.39 is 0 Å². The molecule has 1 heterocycles. The van der Waals surface area contributed by atoms with Crippen molar-refractivity contribution in [1.29, 1.82) is 0 Å². The Bertz CT molecular complexity index is 464. The molecule has 1 aromatic heterocycles. The minimum Gasteiger partial charge on any atom is -0.381 e. The van der Waals surface area contributed by atoms with Crippen LogP contribution in [0.2, 0.25) is 0 Å². The maximum absolute atomic E-state index is 5.64. The van der Waals surface area contributed by atoms with E-state index in [1.54, 1.807) is 11.8 Å². The smallest absolute Gasteiger partial charge is 0.160 e. The Morgan fingerprint density at radius 3 is 2.47 bits per heavy atom. The van der Waals surface area contributed by atoms with Crippen molar-refractivity contribution in [2.75, 3.05) is 12.0 Å². The summed E-state index contributed by atoms with van der Waals surface area (Å²) >= 11 is 5.12. The predicted octanol–water partition coefficient (Wildman–Crippen LogP) is 3.14. The Labute approximate surface area is 101 Å². The van der Waals surface area contributed by atoms with Crippen LogP contribution in [-0.4, -0.2) is 16.5 Å². The molecule has 15 heavy (non-hydrogen) atoms. The van der Waals surface area contributed by atoms with Gasteiger partial charge in [0.1, 0.15) is 0 Å². The number of H-pyrrole nitrogens is 1. The number of hydrogen-bond acceptors (Lipinski definition) is 3. The first-order valence-electron chi connectivity index (χ1n) is 4.36. The third kappa shape index (κ3) is 2.03. The molecule has 3 nitrogen and oxygen atoms in total. The van der Waals surface area contributed by atoms with E-state index in [0.717, 1.165) is 15.7 Å². The molecular formula is C10H10BrN3S. The first-order chi connectivity index (χ1) is 7.22. The van der Waals surface area contributed by atoms with E-state index in [2.05, 4.69) is 44.5 Å². The van der Waals surface area contributed by atoms with E-state index in [1.165, 1.54) is 4.90 Å². The van der Waals surface area contributed by atoms with Gasteiger partial charge in [0.15, 0.2) is 5.82 Å². The fraction of sp³-hybridized carbons (Fsp3) is 0.100. The minimum absolute atomic E-state index is 0.485. The molecule has 2 aromatic rings. The van der Waals surface area contributed by atoms with Gasteiger partial charge in [-0.25, -0.2) is 0 Å². The summed E-state index contributed by atoms with van der Waals surface area (Å²) in [5, 5.41) is 6.83. The van der Waals surface area contributed by atoms with E-state index in [4.69, 9.17) is 5.73 Å². The molecule has 0 unspecified atom stereocenters. The van der Waals surface area contributed by atoms with Crippen LogP contribution in [0.15, 0.2) is 33.6 Å². The first-order valence-corrected chi connectivity index (χ1v) is 6.38. The largest absolute Gasteiger partial charge is 0.381 e. The molecule has 2 rings (SSSR count). The van der Waals surface area contributed by atoms with Gasteiger partial charge in [-0.2, -0.15) is 5.10 Å². The lowest BCUT2D eigenvalue weighted by atomic mass is 10.1. The number of nitrogens with two attached hydrogens (primary N) is 1. The molecule has 0 bridgehead atoms. The van der Waals surface area contributed by atoms with Gasteiger partial charge >= 0.3 is 0 Å². The number of hydrogen-bond donors (Lipinski definition) is 2. The van der Waals surface area contributed by atoms with Crippen molar-refractivity contribution in [3.63, 3.8) is 0 Å². The Kier molecular flexibility index (Phi) is 3.02. The van der Waals surface area contributed by atoms with Crippen molar-refractivity contribution in [2.24, 2.45) is 0 Å². The highest BCUT2D eigenvalue weighted by Gasteiger charge is 2.09. The zero-order chi connectivity index (χ0) is 10.8. The fourth-order valence-electron chi connectivity index (χ4n) is 1.29. The fourth-order valence-corrected chi connectivity index (χ4v) is 2.11. The summed E-state index contributed by atoms with van der Waals surface area (Å²) in [5.41, 5.74) is 7.63. The number of anilines is 1. The first kappa shape index (κ1) is 10.6. The summed E-state index contributed by atoms with van der Waals surface area (Å²) in [6.45, 7) is 0. The van der Waals surface area contributed by atoms with Gasteiger partial charge in [0.05, 0.1) is 10.2 Å². The van der Waals surface area contributed by atoms with Gasteiger partial charge in [0, 0.05) is 10.5 Å². The van der Waals surface area contributed by atoms with Crippen molar-refractivity contribution >= 4 is 33.5 Å². The maximum Gasteiger partial charge on any atom is 0.160 e. The number of thioether (sulfide) groups is 1. The summed E-state index contributed by atoms with van der Waals surface area (Å²) < 4.78 is 0.819. The molecule has 0 radical (unpaired) electrons. The van der Waals surface area contributed by atoms with Crippen LogP contribution >= 0.6 is 27.7 Å². The molecular weight excluding hydrogens is 274 g/mol.